The third-order valence-corrected chi connectivity index (χ3v) is 5.95. The third kappa shape index (κ3) is 3.77. The molecule has 4 rings (SSSR count). The van der Waals surface area contributed by atoms with E-state index in [2.05, 4.69) is 32.5 Å². The Morgan fingerprint density at radius 1 is 1.44 bits per heavy atom. The molecule has 0 aromatic carbocycles. The number of likely N-dealkylation sites (tertiary alicyclic amines) is 1. The van der Waals surface area contributed by atoms with Gasteiger partial charge in [-0.1, -0.05) is 5.16 Å². The van der Waals surface area contributed by atoms with Crippen LogP contribution in [0.3, 0.4) is 0 Å². The summed E-state index contributed by atoms with van der Waals surface area (Å²) in [6.07, 6.45) is 3.97. The summed E-state index contributed by atoms with van der Waals surface area (Å²) in [6, 6.07) is 4.82. The molecule has 2 aromatic heterocycles. The van der Waals surface area contributed by atoms with Crippen molar-refractivity contribution in [3.8, 4) is 0 Å². The largest absolute Gasteiger partial charge is 0.379 e. The van der Waals surface area contributed by atoms with Gasteiger partial charge in [-0.05, 0) is 33.1 Å². The Balaban J connectivity index is 1.30. The number of anilines is 1. The molecule has 3 heterocycles. The average Bonchev–Trinajstić information content (AvgIpc) is 3.36. The van der Waals surface area contributed by atoms with Gasteiger partial charge in [-0.2, -0.15) is 5.10 Å². The van der Waals surface area contributed by atoms with Crippen LogP contribution < -0.4 is 5.32 Å². The SMILES string of the molecule is CO[C@@H]1CN([C@@H]2CC[C@H](c3cc(NC(=O)Cc4cc(C)no4)n[nH]3)C2)[C@H]1C. The van der Waals surface area contributed by atoms with Crippen LogP contribution in [-0.4, -0.2) is 58.0 Å². The molecule has 1 aliphatic heterocycles. The first-order chi connectivity index (χ1) is 13.0. The van der Waals surface area contributed by atoms with Crippen LogP contribution in [0.2, 0.25) is 0 Å². The zero-order valence-corrected chi connectivity index (χ0v) is 16.1. The van der Waals surface area contributed by atoms with Crippen LogP contribution in [0, 0.1) is 6.92 Å². The standard InChI is InChI=1S/C19H27N5O3/c1-11-6-15(27-23-11)8-19(25)20-18-9-16(21-22-18)13-4-5-14(7-13)24-10-17(26-3)12(24)2/h6,9,12-14,17H,4-5,7-8,10H2,1-3H3,(H2,20,21,22,25)/t12-,13-,14+,17+/m0/s1. The van der Waals surface area contributed by atoms with Crippen LogP contribution >= 0.6 is 0 Å². The normalized spacial score (nSPS) is 28.3. The smallest absolute Gasteiger partial charge is 0.233 e. The Kier molecular flexibility index (Phi) is 5.01. The predicted octanol–water partition coefficient (Wildman–Crippen LogP) is 2.24. The number of nitrogens with zero attached hydrogens (tertiary/aromatic N) is 3. The van der Waals surface area contributed by atoms with Gasteiger partial charge in [-0.15, -0.1) is 0 Å². The van der Waals surface area contributed by atoms with E-state index < -0.39 is 0 Å². The van der Waals surface area contributed by atoms with Crippen molar-refractivity contribution in [2.45, 2.75) is 63.6 Å². The van der Waals surface area contributed by atoms with E-state index in [4.69, 9.17) is 9.26 Å². The Morgan fingerprint density at radius 2 is 2.30 bits per heavy atom. The average molecular weight is 373 g/mol. The highest BCUT2D eigenvalue weighted by atomic mass is 16.5. The molecular formula is C19H27N5O3. The molecule has 146 valence electrons. The predicted molar refractivity (Wildman–Crippen MR) is 99.5 cm³/mol. The number of aromatic nitrogens is 3. The number of methoxy groups -OCH3 is 1. The lowest BCUT2D eigenvalue weighted by Crippen LogP contribution is -2.62. The molecule has 27 heavy (non-hydrogen) atoms. The number of carbonyl (C=O) groups is 1. The van der Waals surface area contributed by atoms with Gasteiger partial charge >= 0.3 is 0 Å². The molecule has 8 nitrogen and oxygen atoms in total. The van der Waals surface area contributed by atoms with Gasteiger partial charge in [0.1, 0.15) is 5.76 Å². The molecule has 0 spiro atoms. The second kappa shape index (κ2) is 7.44. The number of amides is 1. The summed E-state index contributed by atoms with van der Waals surface area (Å²) in [4.78, 5) is 14.7. The van der Waals surface area contributed by atoms with Crippen molar-refractivity contribution in [1.29, 1.82) is 0 Å². The summed E-state index contributed by atoms with van der Waals surface area (Å²) < 4.78 is 10.6. The summed E-state index contributed by atoms with van der Waals surface area (Å²) >= 11 is 0. The topological polar surface area (TPSA) is 96.3 Å². The van der Waals surface area contributed by atoms with Crippen molar-refractivity contribution >= 4 is 11.7 Å². The molecule has 1 aliphatic carbocycles. The molecule has 2 fully saturated rings. The first-order valence-corrected chi connectivity index (χ1v) is 9.59. The van der Waals surface area contributed by atoms with Gasteiger partial charge in [0.05, 0.1) is 18.2 Å². The number of hydrogen-bond acceptors (Lipinski definition) is 6. The number of aromatic amines is 1. The number of carbonyl (C=O) groups excluding carboxylic acids is 1. The lowest BCUT2D eigenvalue weighted by atomic mass is 9.96. The Morgan fingerprint density at radius 3 is 3.00 bits per heavy atom. The number of nitrogens with one attached hydrogen (secondary N) is 2. The minimum Gasteiger partial charge on any atom is -0.379 e. The molecule has 0 bridgehead atoms. The summed E-state index contributed by atoms with van der Waals surface area (Å²) in [7, 11) is 1.79. The van der Waals surface area contributed by atoms with Crippen LogP contribution in [0.1, 0.15) is 49.3 Å². The summed E-state index contributed by atoms with van der Waals surface area (Å²) in [6.45, 7) is 5.10. The van der Waals surface area contributed by atoms with Crippen LogP contribution in [0.5, 0.6) is 0 Å². The highest BCUT2D eigenvalue weighted by Crippen LogP contribution is 2.40. The van der Waals surface area contributed by atoms with Gasteiger partial charge in [0.25, 0.3) is 0 Å². The zero-order chi connectivity index (χ0) is 19.0. The number of hydrogen-bond donors (Lipinski definition) is 2. The van der Waals surface area contributed by atoms with E-state index in [0.717, 1.165) is 30.8 Å². The van der Waals surface area contributed by atoms with E-state index in [1.807, 2.05) is 13.0 Å². The van der Waals surface area contributed by atoms with Gasteiger partial charge in [-0.25, -0.2) is 0 Å². The van der Waals surface area contributed by atoms with Gasteiger partial charge < -0.3 is 14.6 Å². The highest BCUT2D eigenvalue weighted by molar-refractivity contribution is 5.91. The van der Waals surface area contributed by atoms with Crippen molar-refractivity contribution in [2.24, 2.45) is 0 Å². The third-order valence-electron chi connectivity index (χ3n) is 5.95. The first kappa shape index (κ1) is 18.2. The van der Waals surface area contributed by atoms with Crippen LogP contribution in [0.25, 0.3) is 0 Å². The molecule has 0 unspecified atom stereocenters. The van der Waals surface area contributed by atoms with Crippen LogP contribution in [0.4, 0.5) is 5.82 Å². The molecule has 1 saturated carbocycles. The van der Waals surface area contributed by atoms with E-state index in [1.54, 1.807) is 13.2 Å². The van der Waals surface area contributed by atoms with Gasteiger partial charge in [0.15, 0.2) is 5.82 Å². The second-order valence-electron chi connectivity index (χ2n) is 7.74. The van der Waals surface area contributed by atoms with Gasteiger partial charge in [-0.3, -0.25) is 14.8 Å². The molecule has 1 amide bonds. The Bertz CT molecular complexity index is 801. The monoisotopic (exact) mass is 373 g/mol. The minimum atomic E-state index is -0.159. The molecule has 2 N–H and O–H groups in total. The lowest BCUT2D eigenvalue weighted by Gasteiger charge is -2.48. The Labute approximate surface area is 158 Å². The quantitative estimate of drug-likeness (QED) is 0.806. The maximum absolute atomic E-state index is 12.1. The molecular weight excluding hydrogens is 346 g/mol. The number of H-pyrrole nitrogens is 1. The molecule has 2 aromatic rings. The maximum atomic E-state index is 12.1. The lowest BCUT2D eigenvalue weighted by molar-refractivity contribution is -0.115. The summed E-state index contributed by atoms with van der Waals surface area (Å²) in [5.41, 5.74) is 1.86. The van der Waals surface area contributed by atoms with Crippen LogP contribution in [0.15, 0.2) is 16.7 Å². The summed E-state index contributed by atoms with van der Waals surface area (Å²) in [5.74, 6) is 1.41. The van der Waals surface area contributed by atoms with E-state index in [9.17, 15) is 4.79 Å². The van der Waals surface area contributed by atoms with Crippen molar-refractivity contribution in [3.05, 3.63) is 29.3 Å². The molecule has 4 atom stereocenters. The zero-order valence-electron chi connectivity index (χ0n) is 16.1. The van der Waals surface area contributed by atoms with Gasteiger partial charge in [0.2, 0.25) is 5.91 Å². The highest BCUT2D eigenvalue weighted by Gasteiger charge is 2.42. The first-order valence-electron chi connectivity index (χ1n) is 9.59. The fourth-order valence-electron chi connectivity index (χ4n) is 4.35. The van der Waals surface area contributed by atoms with E-state index in [0.29, 0.717) is 35.7 Å². The fourth-order valence-corrected chi connectivity index (χ4v) is 4.35. The number of ether oxygens (including phenoxy) is 1. The molecule has 8 heteroatoms. The van der Waals surface area contributed by atoms with E-state index >= 15 is 0 Å². The molecule has 1 saturated heterocycles. The minimum absolute atomic E-state index is 0.155. The van der Waals surface area contributed by atoms with E-state index in [1.165, 1.54) is 6.42 Å². The molecule has 2 aliphatic rings. The van der Waals surface area contributed by atoms with Crippen molar-refractivity contribution in [3.63, 3.8) is 0 Å². The summed E-state index contributed by atoms with van der Waals surface area (Å²) in [5, 5.41) is 14.0. The number of aryl methyl sites for hydroxylation is 1. The Hall–Kier alpha value is -2.19. The van der Waals surface area contributed by atoms with Crippen molar-refractivity contribution in [2.75, 3.05) is 19.0 Å². The maximum Gasteiger partial charge on any atom is 0.233 e. The molecule has 0 radical (unpaired) electrons. The van der Waals surface area contributed by atoms with E-state index in [-0.39, 0.29) is 12.3 Å². The van der Waals surface area contributed by atoms with Crippen LogP contribution in [-0.2, 0) is 16.0 Å². The van der Waals surface area contributed by atoms with Crippen molar-refractivity contribution < 1.29 is 14.1 Å². The number of rotatable bonds is 6. The second-order valence-corrected chi connectivity index (χ2v) is 7.74. The van der Waals surface area contributed by atoms with Crippen molar-refractivity contribution in [1.82, 2.24) is 20.3 Å². The fraction of sp³-hybridized carbons (Fsp3) is 0.632. The van der Waals surface area contributed by atoms with Gasteiger partial charge in [0, 0.05) is 49.5 Å².